The Morgan fingerprint density at radius 1 is 1.41 bits per heavy atom. The summed E-state index contributed by atoms with van der Waals surface area (Å²) in [5, 5.41) is 0. The van der Waals surface area contributed by atoms with Crippen molar-refractivity contribution in [3.05, 3.63) is 48.0 Å². The first kappa shape index (κ1) is 16.3. The number of ether oxygens (including phenoxy) is 1. The molecule has 1 fully saturated rings. The summed E-state index contributed by atoms with van der Waals surface area (Å²) in [6, 6.07) is 9.65. The van der Waals surface area contributed by atoms with E-state index >= 15 is 0 Å². The largest absolute Gasteiger partial charge is 0.447 e. The molecule has 0 N–H and O–H groups in total. The van der Waals surface area contributed by atoms with Crippen LogP contribution in [-0.4, -0.2) is 29.5 Å². The van der Waals surface area contributed by atoms with Crippen LogP contribution in [0.25, 0.3) is 0 Å². The van der Waals surface area contributed by atoms with Crippen LogP contribution in [0.1, 0.15) is 32.3 Å². The smallest absolute Gasteiger partial charge is 0.417 e. The van der Waals surface area contributed by atoms with Crippen molar-refractivity contribution in [3.8, 4) is 0 Å². The summed E-state index contributed by atoms with van der Waals surface area (Å²) in [5.41, 5.74) is 1.10. The molecule has 0 spiro atoms. The fraction of sp³-hybridized carbons (Fsp3) is 0.444. The molecule has 0 radical (unpaired) electrons. The predicted octanol–water partition coefficient (Wildman–Crippen LogP) is 3.57. The van der Waals surface area contributed by atoms with Gasteiger partial charge in [-0.3, -0.25) is 4.79 Å². The average molecular weight is 301 g/mol. The predicted molar refractivity (Wildman–Crippen MR) is 85.3 cm³/mol. The molecular formula is C18H23NO3. The van der Waals surface area contributed by atoms with Gasteiger partial charge in [-0.1, -0.05) is 55.8 Å². The number of imide groups is 1. The molecular weight excluding hydrogens is 278 g/mol. The Hall–Kier alpha value is -2.10. The Labute approximate surface area is 131 Å². The van der Waals surface area contributed by atoms with Crippen LogP contribution in [0.15, 0.2) is 42.5 Å². The Bertz CT molecular complexity index is 539. The van der Waals surface area contributed by atoms with E-state index in [2.05, 4.69) is 0 Å². The van der Waals surface area contributed by atoms with Crippen molar-refractivity contribution in [1.29, 1.82) is 0 Å². The topological polar surface area (TPSA) is 46.6 Å². The van der Waals surface area contributed by atoms with Crippen LogP contribution in [-0.2, 0) is 16.0 Å². The number of nitrogens with zero attached hydrogens (tertiary/aromatic N) is 1. The minimum Gasteiger partial charge on any atom is -0.447 e. The monoisotopic (exact) mass is 301 g/mol. The molecule has 118 valence electrons. The van der Waals surface area contributed by atoms with Crippen molar-refractivity contribution in [1.82, 2.24) is 4.90 Å². The third-order valence-electron chi connectivity index (χ3n) is 3.85. The van der Waals surface area contributed by atoms with Gasteiger partial charge in [0.1, 0.15) is 6.61 Å². The molecule has 1 aliphatic rings. The summed E-state index contributed by atoms with van der Waals surface area (Å²) < 4.78 is 5.12. The molecule has 2 rings (SSSR count). The van der Waals surface area contributed by atoms with Gasteiger partial charge in [0.15, 0.2) is 0 Å². The highest BCUT2D eigenvalue weighted by Crippen LogP contribution is 2.22. The lowest BCUT2D eigenvalue weighted by Crippen LogP contribution is -2.43. The second-order valence-corrected chi connectivity index (χ2v) is 5.55. The van der Waals surface area contributed by atoms with Gasteiger partial charge in [0, 0.05) is 0 Å². The van der Waals surface area contributed by atoms with Crippen LogP contribution in [0.2, 0.25) is 0 Å². The zero-order valence-corrected chi connectivity index (χ0v) is 13.2. The molecule has 1 saturated heterocycles. The maximum Gasteiger partial charge on any atom is 0.417 e. The van der Waals surface area contributed by atoms with E-state index in [1.165, 1.54) is 4.90 Å². The summed E-state index contributed by atoms with van der Waals surface area (Å²) in [5.74, 6) is -0.401. The van der Waals surface area contributed by atoms with Gasteiger partial charge in [-0.05, 0) is 25.3 Å². The fourth-order valence-corrected chi connectivity index (χ4v) is 2.79. The number of hydrogen-bond donors (Lipinski definition) is 0. The van der Waals surface area contributed by atoms with Crippen LogP contribution < -0.4 is 0 Å². The van der Waals surface area contributed by atoms with Crippen molar-refractivity contribution in [2.75, 3.05) is 6.61 Å². The zero-order chi connectivity index (χ0) is 15.9. The first-order valence-corrected chi connectivity index (χ1v) is 7.84. The standard InChI is InChI=1S/C18H23NO3/c1-3-8-15(9-4-2)17(20)19-16(13-22-18(19)21)12-14-10-6-5-7-11-14/h3,5-8,10-11,15-16H,4,9,12-13H2,1-2H3/b8-3-/t15?,16-/m0/s1. The van der Waals surface area contributed by atoms with Crippen LogP contribution in [0.4, 0.5) is 4.79 Å². The Morgan fingerprint density at radius 2 is 2.14 bits per heavy atom. The molecule has 1 unspecified atom stereocenters. The molecule has 4 nitrogen and oxygen atoms in total. The number of carbonyl (C=O) groups is 2. The van der Waals surface area contributed by atoms with Crippen LogP contribution in [0.5, 0.6) is 0 Å². The quantitative estimate of drug-likeness (QED) is 0.755. The van der Waals surface area contributed by atoms with E-state index in [1.807, 2.05) is 56.3 Å². The molecule has 1 aromatic carbocycles. The van der Waals surface area contributed by atoms with E-state index in [1.54, 1.807) is 0 Å². The highest BCUT2D eigenvalue weighted by Gasteiger charge is 2.39. The number of amides is 2. The average Bonchev–Trinajstić information content (AvgIpc) is 2.88. The van der Waals surface area contributed by atoms with Gasteiger partial charge in [0.2, 0.25) is 5.91 Å². The summed E-state index contributed by atoms with van der Waals surface area (Å²) in [7, 11) is 0. The van der Waals surface area contributed by atoms with E-state index in [4.69, 9.17) is 4.74 Å². The molecule has 0 bridgehead atoms. The molecule has 1 heterocycles. The summed E-state index contributed by atoms with van der Waals surface area (Å²) in [6.45, 7) is 4.20. The van der Waals surface area contributed by atoms with E-state index < -0.39 is 6.09 Å². The number of allylic oxidation sites excluding steroid dienone is 1. The van der Waals surface area contributed by atoms with Crippen molar-refractivity contribution in [2.24, 2.45) is 5.92 Å². The van der Waals surface area contributed by atoms with Crippen LogP contribution in [0, 0.1) is 5.92 Å². The number of carbonyl (C=O) groups excluding carboxylic acids is 2. The highest BCUT2D eigenvalue weighted by molar-refractivity contribution is 5.95. The Kier molecular flexibility index (Phi) is 5.75. The molecule has 2 amide bonds. The summed E-state index contributed by atoms with van der Waals surface area (Å²) in [6.07, 6.45) is 5.49. The first-order chi connectivity index (χ1) is 10.7. The minimum absolute atomic E-state index is 0.150. The number of benzene rings is 1. The third kappa shape index (κ3) is 3.75. The van der Waals surface area contributed by atoms with Gasteiger partial charge < -0.3 is 4.74 Å². The molecule has 4 heteroatoms. The van der Waals surface area contributed by atoms with Gasteiger partial charge >= 0.3 is 6.09 Å². The highest BCUT2D eigenvalue weighted by atomic mass is 16.6. The third-order valence-corrected chi connectivity index (χ3v) is 3.85. The van der Waals surface area contributed by atoms with Gasteiger partial charge in [-0.25, -0.2) is 9.69 Å². The maximum absolute atomic E-state index is 12.7. The number of rotatable bonds is 6. The summed E-state index contributed by atoms with van der Waals surface area (Å²) >= 11 is 0. The second-order valence-electron chi connectivity index (χ2n) is 5.55. The molecule has 1 aromatic rings. The number of cyclic esters (lactones) is 1. The zero-order valence-electron chi connectivity index (χ0n) is 13.2. The lowest BCUT2D eigenvalue weighted by Gasteiger charge is -2.23. The molecule has 22 heavy (non-hydrogen) atoms. The molecule has 0 saturated carbocycles. The van der Waals surface area contributed by atoms with E-state index in [9.17, 15) is 9.59 Å². The molecule has 1 aliphatic heterocycles. The molecule has 2 atom stereocenters. The van der Waals surface area contributed by atoms with Gasteiger partial charge in [-0.2, -0.15) is 0 Å². The van der Waals surface area contributed by atoms with Gasteiger partial charge in [-0.15, -0.1) is 0 Å². The minimum atomic E-state index is -0.517. The summed E-state index contributed by atoms with van der Waals surface area (Å²) in [4.78, 5) is 26.0. The second kappa shape index (κ2) is 7.78. The van der Waals surface area contributed by atoms with Crippen molar-refractivity contribution >= 4 is 12.0 Å². The maximum atomic E-state index is 12.7. The fourth-order valence-electron chi connectivity index (χ4n) is 2.79. The van der Waals surface area contributed by atoms with Crippen LogP contribution in [0.3, 0.4) is 0 Å². The van der Waals surface area contributed by atoms with E-state index in [0.717, 1.165) is 18.4 Å². The molecule has 0 aromatic heterocycles. The van der Waals surface area contributed by atoms with Crippen molar-refractivity contribution in [2.45, 2.75) is 39.2 Å². The van der Waals surface area contributed by atoms with E-state index in [0.29, 0.717) is 6.42 Å². The lowest BCUT2D eigenvalue weighted by atomic mass is 9.99. The van der Waals surface area contributed by atoms with Crippen molar-refractivity contribution in [3.63, 3.8) is 0 Å². The van der Waals surface area contributed by atoms with Crippen LogP contribution >= 0.6 is 0 Å². The van der Waals surface area contributed by atoms with Crippen molar-refractivity contribution < 1.29 is 14.3 Å². The Morgan fingerprint density at radius 3 is 2.77 bits per heavy atom. The van der Waals surface area contributed by atoms with E-state index in [-0.39, 0.29) is 24.5 Å². The Balaban J connectivity index is 2.14. The van der Waals surface area contributed by atoms with Gasteiger partial charge in [0.05, 0.1) is 12.0 Å². The SMILES string of the molecule is C/C=C\C(CCC)C(=O)N1C(=O)OC[C@@H]1Cc1ccccc1. The lowest BCUT2D eigenvalue weighted by molar-refractivity contribution is -0.132. The first-order valence-electron chi connectivity index (χ1n) is 7.84. The number of hydrogen-bond acceptors (Lipinski definition) is 3. The van der Waals surface area contributed by atoms with Gasteiger partial charge in [0.25, 0.3) is 0 Å². The molecule has 0 aliphatic carbocycles. The normalized spacial score (nSPS) is 19.5.